The van der Waals surface area contributed by atoms with Crippen molar-refractivity contribution in [2.24, 2.45) is 0 Å². The summed E-state index contributed by atoms with van der Waals surface area (Å²) in [5.41, 5.74) is 0. The van der Waals surface area contributed by atoms with Crippen molar-refractivity contribution in [3.8, 4) is 11.5 Å². The first-order chi connectivity index (χ1) is 7.26. The Hall–Kier alpha value is -1.77. The Balaban J connectivity index is 2.55. The molecule has 1 aromatic rings. The first-order valence-electron chi connectivity index (χ1n) is 4.80. The van der Waals surface area contributed by atoms with Crippen LogP contribution in [0.5, 0.6) is 11.5 Å². The summed E-state index contributed by atoms with van der Waals surface area (Å²) in [5.74, 6) is 1.02. The molecule has 0 heterocycles. The lowest BCUT2D eigenvalue weighted by atomic mass is 10.3. The van der Waals surface area contributed by atoms with Crippen molar-refractivity contribution in [3.05, 3.63) is 36.9 Å². The minimum atomic E-state index is -0.241. The van der Waals surface area contributed by atoms with Crippen molar-refractivity contribution in [1.82, 2.24) is 0 Å². The first kappa shape index (κ1) is 11.3. The number of carbonyl (C=O) groups is 1. The van der Waals surface area contributed by atoms with Gasteiger partial charge in [0, 0.05) is 6.42 Å². The van der Waals surface area contributed by atoms with E-state index in [-0.39, 0.29) is 5.97 Å². The molecule has 0 aliphatic rings. The Morgan fingerprint density at radius 3 is 2.47 bits per heavy atom. The van der Waals surface area contributed by atoms with Gasteiger partial charge in [-0.25, -0.2) is 0 Å². The summed E-state index contributed by atoms with van der Waals surface area (Å²) in [4.78, 5) is 11.0. The van der Waals surface area contributed by atoms with Gasteiger partial charge in [-0.3, -0.25) is 4.79 Å². The lowest BCUT2D eigenvalue weighted by molar-refractivity contribution is -0.134. The topological polar surface area (TPSA) is 35.5 Å². The Morgan fingerprint density at radius 2 is 1.93 bits per heavy atom. The monoisotopic (exact) mass is 206 g/mol. The van der Waals surface area contributed by atoms with Gasteiger partial charge in [0.25, 0.3) is 0 Å². The average molecular weight is 206 g/mol. The molecule has 80 valence electrons. The highest BCUT2D eigenvalue weighted by atomic mass is 16.5. The molecule has 0 fully saturated rings. The third kappa shape index (κ3) is 3.85. The maximum atomic E-state index is 11.0. The Kier molecular flexibility index (Phi) is 4.41. The standard InChI is InChI=1S/C12H14O3/c1-3-9-14-10-5-7-11(8-6-10)15-12(13)4-2/h3,5-8H,1,4,9H2,2H3. The van der Waals surface area contributed by atoms with Gasteiger partial charge in [-0.05, 0) is 24.3 Å². The minimum absolute atomic E-state index is 0.241. The molecule has 0 saturated heterocycles. The lowest BCUT2D eigenvalue weighted by Crippen LogP contribution is -2.05. The van der Waals surface area contributed by atoms with Gasteiger partial charge in [0.15, 0.2) is 0 Å². The number of benzene rings is 1. The van der Waals surface area contributed by atoms with Crippen LogP contribution in [0.2, 0.25) is 0 Å². The molecule has 0 amide bonds. The number of carbonyl (C=O) groups excluding carboxylic acids is 1. The predicted octanol–water partition coefficient (Wildman–Crippen LogP) is 2.57. The molecule has 0 spiro atoms. The summed E-state index contributed by atoms with van der Waals surface area (Å²) in [6.07, 6.45) is 2.04. The second kappa shape index (κ2) is 5.86. The third-order valence-corrected chi connectivity index (χ3v) is 1.71. The second-order valence-corrected chi connectivity index (χ2v) is 2.90. The maximum Gasteiger partial charge on any atom is 0.310 e. The average Bonchev–Trinajstić information content (AvgIpc) is 2.28. The van der Waals surface area contributed by atoms with E-state index < -0.39 is 0 Å². The molecule has 1 rings (SSSR count). The first-order valence-corrected chi connectivity index (χ1v) is 4.80. The molecule has 0 radical (unpaired) electrons. The van der Waals surface area contributed by atoms with Crippen LogP contribution in [0.4, 0.5) is 0 Å². The van der Waals surface area contributed by atoms with Crippen molar-refractivity contribution >= 4 is 5.97 Å². The van der Waals surface area contributed by atoms with Crippen LogP contribution in [-0.4, -0.2) is 12.6 Å². The van der Waals surface area contributed by atoms with Crippen LogP contribution in [0.1, 0.15) is 13.3 Å². The molecule has 0 saturated carbocycles. The molecular formula is C12H14O3. The molecule has 0 aliphatic heterocycles. The van der Waals surface area contributed by atoms with E-state index in [1.54, 1.807) is 37.3 Å². The van der Waals surface area contributed by atoms with Crippen LogP contribution < -0.4 is 9.47 Å². The molecule has 0 atom stereocenters. The van der Waals surface area contributed by atoms with Gasteiger partial charge in [-0.15, -0.1) is 0 Å². The zero-order valence-electron chi connectivity index (χ0n) is 8.73. The SMILES string of the molecule is C=CCOc1ccc(OC(=O)CC)cc1. The maximum absolute atomic E-state index is 11.0. The van der Waals surface area contributed by atoms with Crippen molar-refractivity contribution < 1.29 is 14.3 Å². The zero-order chi connectivity index (χ0) is 11.1. The van der Waals surface area contributed by atoms with Crippen LogP contribution in [0.25, 0.3) is 0 Å². The highest BCUT2D eigenvalue weighted by molar-refractivity contribution is 5.71. The third-order valence-electron chi connectivity index (χ3n) is 1.71. The summed E-state index contributed by atoms with van der Waals surface area (Å²) in [7, 11) is 0. The van der Waals surface area contributed by atoms with E-state index >= 15 is 0 Å². The van der Waals surface area contributed by atoms with E-state index in [1.807, 2.05) is 0 Å². The van der Waals surface area contributed by atoms with Gasteiger partial charge in [0.2, 0.25) is 0 Å². The van der Waals surface area contributed by atoms with E-state index in [0.29, 0.717) is 18.8 Å². The fourth-order valence-corrected chi connectivity index (χ4v) is 0.963. The van der Waals surface area contributed by atoms with Crippen molar-refractivity contribution in [2.45, 2.75) is 13.3 Å². The van der Waals surface area contributed by atoms with Crippen LogP contribution in [0.15, 0.2) is 36.9 Å². The highest BCUT2D eigenvalue weighted by Gasteiger charge is 2.01. The molecule has 0 aromatic heterocycles. The molecular weight excluding hydrogens is 192 g/mol. The fraction of sp³-hybridized carbons (Fsp3) is 0.250. The van der Waals surface area contributed by atoms with Crippen molar-refractivity contribution in [3.63, 3.8) is 0 Å². The fourth-order valence-electron chi connectivity index (χ4n) is 0.963. The normalized spacial score (nSPS) is 9.40. The van der Waals surface area contributed by atoms with E-state index in [2.05, 4.69) is 6.58 Å². The van der Waals surface area contributed by atoms with Gasteiger partial charge in [0.1, 0.15) is 18.1 Å². The highest BCUT2D eigenvalue weighted by Crippen LogP contribution is 2.17. The number of hydrogen-bond acceptors (Lipinski definition) is 3. The van der Waals surface area contributed by atoms with Gasteiger partial charge in [-0.1, -0.05) is 19.6 Å². The Bertz CT molecular complexity index is 327. The smallest absolute Gasteiger partial charge is 0.310 e. The Labute approximate surface area is 89.3 Å². The number of hydrogen-bond donors (Lipinski definition) is 0. The molecule has 0 N–H and O–H groups in total. The molecule has 1 aromatic carbocycles. The zero-order valence-corrected chi connectivity index (χ0v) is 8.73. The van der Waals surface area contributed by atoms with Gasteiger partial charge in [-0.2, -0.15) is 0 Å². The van der Waals surface area contributed by atoms with E-state index in [1.165, 1.54) is 0 Å². The van der Waals surface area contributed by atoms with Crippen LogP contribution >= 0.6 is 0 Å². The van der Waals surface area contributed by atoms with Crippen molar-refractivity contribution in [2.75, 3.05) is 6.61 Å². The molecule has 3 heteroatoms. The molecule has 0 aliphatic carbocycles. The van der Waals surface area contributed by atoms with Gasteiger partial charge >= 0.3 is 5.97 Å². The predicted molar refractivity (Wildman–Crippen MR) is 58.1 cm³/mol. The molecule has 0 unspecified atom stereocenters. The number of ether oxygens (including phenoxy) is 2. The molecule has 3 nitrogen and oxygen atoms in total. The molecule has 15 heavy (non-hydrogen) atoms. The molecule has 0 bridgehead atoms. The number of rotatable bonds is 5. The minimum Gasteiger partial charge on any atom is -0.490 e. The van der Waals surface area contributed by atoms with E-state index in [4.69, 9.17) is 9.47 Å². The van der Waals surface area contributed by atoms with Crippen LogP contribution in [-0.2, 0) is 4.79 Å². The lowest BCUT2D eigenvalue weighted by Gasteiger charge is -2.05. The largest absolute Gasteiger partial charge is 0.490 e. The van der Waals surface area contributed by atoms with E-state index in [9.17, 15) is 4.79 Å². The summed E-state index contributed by atoms with van der Waals surface area (Å²) >= 11 is 0. The summed E-state index contributed by atoms with van der Waals surface area (Å²) in [6.45, 7) is 5.77. The summed E-state index contributed by atoms with van der Waals surface area (Å²) in [5, 5.41) is 0. The van der Waals surface area contributed by atoms with Crippen LogP contribution in [0, 0.1) is 0 Å². The summed E-state index contributed by atoms with van der Waals surface area (Å²) in [6, 6.07) is 6.90. The summed E-state index contributed by atoms with van der Waals surface area (Å²) < 4.78 is 10.3. The van der Waals surface area contributed by atoms with Gasteiger partial charge < -0.3 is 9.47 Å². The van der Waals surface area contributed by atoms with Crippen molar-refractivity contribution in [1.29, 1.82) is 0 Å². The number of esters is 1. The van der Waals surface area contributed by atoms with E-state index in [0.717, 1.165) is 5.75 Å². The quantitative estimate of drug-likeness (QED) is 0.422. The second-order valence-electron chi connectivity index (χ2n) is 2.90. The van der Waals surface area contributed by atoms with Gasteiger partial charge in [0.05, 0.1) is 0 Å². The Morgan fingerprint density at radius 1 is 1.33 bits per heavy atom. The van der Waals surface area contributed by atoms with Crippen LogP contribution in [0.3, 0.4) is 0 Å².